The van der Waals surface area contributed by atoms with Gasteiger partial charge in [-0.1, -0.05) is 0 Å². The van der Waals surface area contributed by atoms with Crippen LogP contribution in [-0.4, -0.2) is 31.5 Å². The Bertz CT molecular complexity index is 548. The van der Waals surface area contributed by atoms with E-state index < -0.39 is 9.84 Å². The Morgan fingerprint density at radius 2 is 2.41 bits per heavy atom. The van der Waals surface area contributed by atoms with Gasteiger partial charge in [-0.3, -0.25) is 4.98 Å². The number of anilines is 1. The first kappa shape index (κ1) is 11.9. The summed E-state index contributed by atoms with van der Waals surface area (Å²) in [6.07, 6.45) is 3.84. The monoisotopic (exact) mass is 251 g/mol. The van der Waals surface area contributed by atoms with Gasteiger partial charge in [0.2, 0.25) is 0 Å². The molecule has 0 saturated carbocycles. The summed E-state index contributed by atoms with van der Waals surface area (Å²) < 4.78 is 22.6. The summed E-state index contributed by atoms with van der Waals surface area (Å²) in [5.74, 6) is 0.645. The molecule has 2 rings (SSSR count). The van der Waals surface area contributed by atoms with Crippen molar-refractivity contribution in [2.45, 2.75) is 6.42 Å². The second kappa shape index (κ2) is 4.72. The number of nitriles is 1. The van der Waals surface area contributed by atoms with Gasteiger partial charge in [0.05, 0.1) is 29.0 Å². The summed E-state index contributed by atoms with van der Waals surface area (Å²) in [7, 11) is -2.84. The zero-order chi connectivity index (χ0) is 12.3. The van der Waals surface area contributed by atoms with Crippen LogP contribution in [-0.2, 0) is 9.84 Å². The quantitative estimate of drug-likeness (QED) is 0.859. The molecule has 1 fully saturated rings. The van der Waals surface area contributed by atoms with E-state index in [-0.39, 0.29) is 17.4 Å². The van der Waals surface area contributed by atoms with Crippen LogP contribution >= 0.6 is 0 Å². The van der Waals surface area contributed by atoms with Crippen LogP contribution in [0.2, 0.25) is 0 Å². The van der Waals surface area contributed by atoms with Gasteiger partial charge in [0, 0.05) is 12.7 Å². The van der Waals surface area contributed by atoms with Crippen LogP contribution in [0.4, 0.5) is 5.69 Å². The number of hydrogen-bond acceptors (Lipinski definition) is 5. The molecular weight excluding hydrogens is 238 g/mol. The van der Waals surface area contributed by atoms with Gasteiger partial charge in [0.15, 0.2) is 9.84 Å². The van der Waals surface area contributed by atoms with Crippen molar-refractivity contribution in [2.75, 3.05) is 23.4 Å². The van der Waals surface area contributed by atoms with E-state index in [1.54, 1.807) is 18.5 Å². The highest BCUT2D eigenvalue weighted by Gasteiger charge is 2.27. The largest absolute Gasteiger partial charge is 0.382 e. The van der Waals surface area contributed by atoms with Crippen LogP contribution in [0.25, 0.3) is 0 Å². The summed E-state index contributed by atoms with van der Waals surface area (Å²) in [4.78, 5) is 3.94. The van der Waals surface area contributed by atoms with Crippen molar-refractivity contribution < 1.29 is 8.42 Å². The summed E-state index contributed by atoms with van der Waals surface area (Å²) in [6.45, 7) is 0.569. The van der Waals surface area contributed by atoms with E-state index in [9.17, 15) is 8.42 Å². The molecule has 6 heteroatoms. The van der Waals surface area contributed by atoms with Gasteiger partial charge in [0.1, 0.15) is 6.07 Å². The maximum atomic E-state index is 11.3. The Kier molecular flexibility index (Phi) is 3.29. The average Bonchev–Trinajstić information content (AvgIpc) is 2.67. The molecule has 1 atom stereocenters. The number of nitrogens with zero attached hydrogens (tertiary/aromatic N) is 2. The van der Waals surface area contributed by atoms with Crippen LogP contribution < -0.4 is 5.32 Å². The van der Waals surface area contributed by atoms with Crippen LogP contribution in [0, 0.1) is 17.2 Å². The minimum absolute atomic E-state index is 0.131. The van der Waals surface area contributed by atoms with E-state index in [1.165, 1.54) is 0 Å². The lowest BCUT2D eigenvalue weighted by atomic mass is 10.1. The van der Waals surface area contributed by atoms with E-state index in [1.807, 2.05) is 0 Å². The molecule has 1 saturated heterocycles. The van der Waals surface area contributed by atoms with Gasteiger partial charge in [-0.25, -0.2) is 8.42 Å². The number of hydrogen-bond donors (Lipinski definition) is 1. The lowest BCUT2D eigenvalue weighted by Crippen LogP contribution is -2.16. The molecule has 0 radical (unpaired) electrons. The minimum atomic E-state index is -2.84. The smallest absolute Gasteiger partial charge is 0.150 e. The molecule has 0 aromatic carbocycles. The number of nitrogens with one attached hydrogen (secondary N) is 1. The number of sulfone groups is 1. The first-order valence-electron chi connectivity index (χ1n) is 5.39. The number of aromatic nitrogens is 1. The molecule has 0 bridgehead atoms. The van der Waals surface area contributed by atoms with Crippen molar-refractivity contribution in [1.82, 2.24) is 4.98 Å². The fourth-order valence-electron chi connectivity index (χ4n) is 1.92. The molecule has 5 nitrogen and oxygen atoms in total. The van der Waals surface area contributed by atoms with Gasteiger partial charge in [-0.15, -0.1) is 0 Å². The normalized spacial score (nSPS) is 21.9. The van der Waals surface area contributed by atoms with Gasteiger partial charge in [-0.2, -0.15) is 5.26 Å². The maximum absolute atomic E-state index is 11.3. The first-order valence-corrected chi connectivity index (χ1v) is 7.21. The van der Waals surface area contributed by atoms with Crippen LogP contribution in [0.3, 0.4) is 0 Å². The molecule has 90 valence electrons. The average molecular weight is 251 g/mol. The first-order chi connectivity index (χ1) is 8.11. The summed E-state index contributed by atoms with van der Waals surface area (Å²) in [5, 5.41) is 12.0. The third kappa shape index (κ3) is 2.94. The van der Waals surface area contributed by atoms with Crippen LogP contribution in [0.15, 0.2) is 18.5 Å². The van der Waals surface area contributed by atoms with Crippen molar-refractivity contribution in [1.29, 1.82) is 5.26 Å². The highest BCUT2D eigenvalue weighted by molar-refractivity contribution is 7.91. The molecule has 1 aromatic heterocycles. The molecule has 0 amide bonds. The molecule has 0 spiro atoms. The molecule has 1 aromatic rings. The van der Waals surface area contributed by atoms with Crippen molar-refractivity contribution in [3.8, 4) is 6.07 Å². The van der Waals surface area contributed by atoms with Crippen LogP contribution in [0.5, 0.6) is 0 Å². The van der Waals surface area contributed by atoms with E-state index in [0.29, 0.717) is 24.2 Å². The molecule has 1 N–H and O–H groups in total. The topological polar surface area (TPSA) is 82.8 Å². The standard InChI is InChI=1S/C11H13N3O2S/c12-5-10-1-3-13-7-11(10)14-6-9-2-4-17(15,16)8-9/h1,3,7,9,14H,2,4,6,8H2. The lowest BCUT2D eigenvalue weighted by molar-refractivity contribution is 0.596. The Balaban J connectivity index is 1.97. The third-order valence-corrected chi connectivity index (χ3v) is 4.69. The van der Waals surface area contributed by atoms with Crippen LogP contribution in [0.1, 0.15) is 12.0 Å². The Morgan fingerprint density at radius 1 is 1.59 bits per heavy atom. The highest BCUT2D eigenvalue weighted by atomic mass is 32.2. The number of rotatable bonds is 3. The molecule has 17 heavy (non-hydrogen) atoms. The molecule has 2 heterocycles. The van der Waals surface area contributed by atoms with Crippen molar-refractivity contribution in [3.63, 3.8) is 0 Å². The zero-order valence-corrected chi connectivity index (χ0v) is 10.1. The Hall–Kier alpha value is -1.61. The fourth-order valence-corrected chi connectivity index (χ4v) is 3.78. The van der Waals surface area contributed by atoms with Crippen molar-refractivity contribution in [2.24, 2.45) is 5.92 Å². The molecule has 0 aliphatic carbocycles. The van der Waals surface area contributed by atoms with Crippen molar-refractivity contribution in [3.05, 3.63) is 24.0 Å². The van der Waals surface area contributed by atoms with Gasteiger partial charge in [-0.05, 0) is 18.4 Å². The van der Waals surface area contributed by atoms with E-state index in [0.717, 1.165) is 0 Å². The Morgan fingerprint density at radius 3 is 3.06 bits per heavy atom. The zero-order valence-electron chi connectivity index (χ0n) is 9.26. The Labute approximate surface area is 100 Å². The summed E-state index contributed by atoms with van der Waals surface area (Å²) >= 11 is 0. The summed E-state index contributed by atoms with van der Waals surface area (Å²) in [6, 6.07) is 3.70. The predicted molar refractivity (Wildman–Crippen MR) is 64.2 cm³/mol. The fraction of sp³-hybridized carbons (Fsp3) is 0.455. The molecule has 1 unspecified atom stereocenters. The van der Waals surface area contributed by atoms with Crippen molar-refractivity contribution >= 4 is 15.5 Å². The van der Waals surface area contributed by atoms with Gasteiger partial charge < -0.3 is 5.32 Å². The van der Waals surface area contributed by atoms with E-state index in [2.05, 4.69) is 16.4 Å². The molecule has 1 aliphatic heterocycles. The van der Waals surface area contributed by atoms with E-state index in [4.69, 9.17) is 5.26 Å². The summed E-state index contributed by atoms with van der Waals surface area (Å²) in [5.41, 5.74) is 1.19. The highest BCUT2D eigenvalue weighted by Crippen LogP contribution is 2.20. The maximum Gasteiger partial charge on any atom is 0.150 e. The van der Waals surface area contributed by atoms with Gasteiger partial charge in [0.25, 0.3) is 0 Å². The van der Waals surface area contributed by atoms with E-state index >= 15 is 0 Å². The third-order valence-electron chi connectivity index (χ3n) is 2.85. The molecule has 1 aliphatic rings. The second-order valence-electron chi connectivity index (χ2n) is 4.18. The minimum Gasteiger partial charge on any atom is -0.382 e. The predicted octanol–water partition coefficient (Wildman–Crippen LogP) is 0.800. The van der Waals surface area contributed by atoms with Gasteiger partial charge >= 0.3 is 0 Å². The lowest BCUT2D eigenvalue weighted by Gasteiger charge is -2.11. The molecular formula is C11H13N3O2S. The SMILES string of the molecule is N#Cc1ccncc1NCC1CCS(=O)(=O)C1. The number of pyridine rings is 1. The second-order valence-corrected chi connectivity index (χ2v) is 6.41.